The summed E-state index contributed by atoms with van der Waals surface area (Å²) in [6.07, 6.45) is 9.45. The monoisotopic (exact) mass is 721 g/mol. The second-order valence-electron chi connectivity index (χ2n) is 13.3. The molecule has 2 aliphatic rings. The molecule has 4 heterocycles. The number of unbranched alkanes of at least 4 members (excludes halogenated alkanes) is 6. The molecule has 1 spiro atoms. The van der Waals surface area contributed by atoms with Crippen LogP contribution < -0.4 is 14.9 Å². The number of benzene rings is 2. The van der Waals surface area contributed by atoms with Crippen LogP contribution in [0.5, 0.6) is 5.75 Å². The van der Waals surface area contributed by atoms with Crippen molar-refractivity contribution < 1.29 is 24.2 Å². The normalized spacial score (nSPS) is 16.9. The fourth-order valence-corrected chi connectivity index (χ4v) is 8.73. The fraction of sp³-hybridized carbons (Fsp3) is 0.514. The average molecular weight is 722 g/mol. The number of aliphatic hydroxyl groups excluding tert-OH is 1. The predicted molar refractivity (Wildman–Crippen MR) is 197 cm³/mol. The number of rotatable bonds is 17. The first-order chi connectivity index (χ1) is 24.4. The molecule has 2 aromatic heterocycles. The fourth-order valence-electron chi connectivity index (χ4n) is 7.01. The van der Waals surface area contributed by atoms with E-state index >= 15 is 0 Å². The topological polar surface area (TPSA) is 137 Å². The molecule has 50 heavy (non-hydrogen) atoms. The highest BCUT2D eigenvalue weighted by atomic mass is 32.1. The lowest BCUT2D eigenvalue weighted by molar-refractivity contribution is -0.127. The van der Waals surface area contributed by atoms with Gasteiger partial charge in [-0.1, -0.05) is 79.8 Å². The molecule has 2 aromatic carbocycles. The third kappa shape index (κ3) is 9.25. The van der Waals surface area contributed by atoms with E-state index in [9.17, 15) is 19.5 Å². The number of ether oxygens (including phenoxy) is 2. The summed E-state index contributed by atoms with van der Waals surface area (Å²) < 4.78 is 11.9. The number of carbonyl (C=O) groups is 2. The molecule has 11 nitrogen and oxygen atoms in total. The van der Waals surface area contributed by atoms with Gasteiger partial charge in [0.1, 0.15) is 16.2 Å². The average Bonchev–Trinajstić information content (AvgIpc) is 3.79. The Bertz CT molecular complexity index is 1750. The largest absolute Gasteiger partial charge is 0.426 e. The van der Waals surface area contributed by atoms with Gasteiger partial charge in [0.2, 0.25) is 0 Å². The van der Waals surface area contributed by atoms with E-state index in [0.29, 0.717) is 54.2 Å². The Hall–Kier alpha value is -3.46. The zero-order chi connectivity index (χ0) is 34.8. The molecule has 2 fully saturated rings. The van der Waals surface area contributed by atoms with Crippen LogP contribution in [0, 0.1) is 0 Å². The summed E-state index contributed by atoms with van der Waals surface area (Å²) in [5.41, 5.74) is 2.41. The lowest BCUT2D eigenvalue weighted by atomic mass is 9.89. The summed E-state index contributed by atoms with van der Waals surface area (Å²) in [5, 5.41) is 16.8. The Morgan fingerprint density at radius 3 is 2.60 bits per heavy atom. The van der Waals surface area contributed by atoms with Crippen LogP contribution in [0.25, 0.3) is 20.8 Å². The quantitative estimate of drug-likeness (QED) is 0.0939. The Labute approximate surface area is 300 Å². The first-order valence-electron chi connectivity index (χ1n) is 17.8. The molecule has 2 aliphatic heterocycles. The number of nitrogens with one attached hydrogen (secondary N) is 2. The van der Waals surface area contributed by atoms with Gasteiger partial charge in [-0.05, 0) is 44.8 Å². The molecule has 2 saturated heterocycles. The number of aliphatic hydroxyl groups is 1. The van der Waals surface area contributed by atoms with Crippen LogP contribution in [-0.4, -0.2) is 95.3 Å². The number of nitrogens with zero attached hydrogens (tertiary/aromatic N) is 3. The van der Waals surface area contributed by atoms with Crippen LogP contribution in [0.4, 0.5) is 0 Å². The molecule has 0 radical (unpaired) electrons. The zero-order valence-electron chi connectivity index (χ0n) is 28.4. The second-order valence-corrected chi connectivity index (χ2v) is 15.1. The molecular weight excluding hydrogens is 675 g/mol. The minimum absolute atomic E-state index is 0.00860. The number of hydrogen-bond acceptors (Lipinski definition) is 11. The van der Waals surface area contributed by atoms with Crippen LogP contribution in [0.1, 0.15) is 79.9 Å². The highest BCUT2D eigenvalue weighted by Gasteiger charge is 2.41. The van der Waals surface area contributed by atoms with Crippen LogP contribution in [-0.2, 0) is 9.53 Å². The lowest BCUT2D eigenvalue weighted by Gasteiger charge is -2.47. The van der Waals surface area contributed by atoms with Crippen molar-refractivity contribution in [3.63, 3.8) is 0 Å². The van der Waals surface area contributed by atoms with E-state index in [2.05, 4.69) is 20.2 Å². The maximum absolute atomic E-state index is 13.4. The number of fused-ring (bicyclic) bond motifs is 1. The molecule has 268 valence electrons. The van der Waals surface area contributed by atoms with Crippen molar-refractivity contribution in [2.45, 2.75) is 69.5 Å². The highest BCUT2D eigenvalue weighted by molar-refractivity contribution is 7.16. The molecule has 1 unspecified atom stereocenters. The van der Waals surface area contributed by atoms with Crippen LogP contribution in [0.3, 0.4) is 0 Å². The first kappa shape index (κ1) is 36.3. The summed E-state index contributed by atoms with van der Waals surface area (Å²) in [6.45, 7) is 6.50. The Kier molecular flexibility index (Phi) is 12.8. The van der Waals surface area contributed by atoms with Crippen molar-refractivity contribution in [3.8, 4) is 16.3 Å². The summed E-state index contributed by atoms with van der Waals surface area (Å²) >= 11 is 2.52. The van der Waals surface area contributed by atoms with E-state index in [4.69, 9.17) is 9.47 Å². The van der Waals surface area contributed by atoms with Gasteiger partial charge in [-0.2, -0.15) is 0 Å². The van der Waals surface area contributed by atoms with Gasteiger partial charge in [-0.15, -0.1) is 11.3 Å². The van der Waals surface area contributed by atoms with Crippen molar-refractivity contribution in [3.05, 3.63) is 68.8 Å². The SMILES string of the molecule is O=COc1ccc(C(O)CNCCCCCCCCCN2CCC3(CC2)CN(C(=O)c2csc(-c4ccccc4)n2)CCO3)c2sc(=O)[nH]c12. The van der Waals surface area contributed by atoms with E-state index in [-0.39, 0.29) is 22.1 Å². The van der Waals surface area contributed by atoms with Crippen LogP contribution in [0.15, 0.2) is 52.6 Å². The molecule has 3 N–H and O–H groups in total. The first-order valence-corrected chi connectivity index (χ1v) is 19.5. The van der Waals surface area contributed by atoms with E-state index in [0.717, 1.165) is 73.8 Å². The van der Waals surface area contributed by atoms with E-state index in [1.807, 2.05) is 40.6 Å². The smallest absolute Gasteiger partial charge is 0.305 e. The van der Waals surface area contributed by atoms with E-state index < -0.39 is 6.10 Å². The highest BCUT2D eigenvalue weighted by Crippen LogP contribution is 2.33. The van der Waals surface area contributed by atoms with Gasteiger partial charge in [0.05, 0.1) is 29.6 Å². The van der Waals surface area contributed by atoms with Crippen molar-refractivity contribution >= 4 is 45.3 Å². The number of hydrogen-bond donors (Lipinski definition) is 3. The molecule has 1 atom stereocenters. The molecule has 6 rings (SSSR count). The number of amides is 1. The Morgan fingerprint density at radius 1 is 1.06 bits per heavy atom. The summed E-state index contributed by atoms with van der Waals surface area (Å²) in [7, 11) is 0. The molecule has 0 aliphatic carbocycles. The summed E-state index contributed by atoms with van der Waals surface area (Å²) in [4.78, 5) is 47.6. The molecule has 0 saturated carbocycles. The number of aromatic nitrogens is 2. The molecule has 1 amide bonds. The molecule has 13 heteroatoms. The Balaban J connectivity index is 0.808. The van der Waals surface area contributed by atoms with Gasteiger partial charge in [0.25, 0.3) is 12.4 Å². The van der Waals surface area contributed by atoms with Crippen molar-refractivity contribution in [2.75, 3.05) is 52.4 Å². The lowest BCUT2D eigenvalue weighted by Crippen LogP contribution is -2.58. The molecular formula is C37H47N5O6S2. The minimum Gasteiger partial charge on any atom is -0.426 e. The van der Waals surface area contributed by atoms with Gasteiger partial charge >= 0.3 is 4.87 Å². The van der Waals surface area contributed by atoms with Gasteiger partial charge in [0, 0.05) is 42.7 Å². The maximum Gasteiger partial charge on any atom is 0.305 e. The number of morpholine rings is 1. The van der Waals surface area contributed by atoms with E-state index in [1.165, 1.54) is 43.4 Å². The zero-order valence-corrected chi connectivity index (χ0v) is 30.1. The number of likely N-dealkylation sites (tertiary alicyclic amines) is 1. The van der Waals surface area contributed by atoms with Crippen LogP contribution in [0.2, 0.25) is 0 Å². The minimum atomic E-state index is -0.767. The maximum atomic E-state index is 13.4. The van der Waals surface area contributed by atoms with Crippen molar-refractivity contribution in [1.29, 1.82) is 0 Å². The Morgan fingerprint density at radius 2 is 1.82 bits per heavy atom. The summed E-state index contributed by atoms with van der Waals surface area (Å²) in [5.74, 6) is 0.286. The van der Waals surface area contributed by atoms with Gasteiger partial charge in [-0.25, -0.2) is 4.98 Å². The number of aromatic amines is 1. The van der Waals surface area contributed by atoms with E-state index in [1.54, 1.807) is 12.1 Å². The number of thiazole rings is 2. The third-order valence-electron chi connectivity index (χ3n) is 9.82. The number of H-pyrrole nitrogens is 1. The van der Waals surface area contributed by atoms with Gasteiger partial charge < -0.3 is 34.7 Å². The standard InChI is InChI=1S/C37H47N5O6S2/c43-26-47-31-14-13-28(33-32(31)40-36(46)50-33)30(44)23-38-17-9-4-2-1-3-5-10-18-41-19-15-37(16-20-41)25-42(21-22-48-37)35(45)29-24-49-34(39-29)27-11-7-6-8-12-27/h6-8,11-14,24,26,30,38,44H,1-5,9-10,15-23,25H2,(H,40,46). The summed E-state index contributed by atoms with van der Waals surface area (Å²) in [6, 6.07) is 13.3. The van der Waals surface area contributed by atoms with Crippen LogP contribution >= 0.6 is 22.7 Å². The van der Waals surface area contributed by atoms with Gasteiger partial charge in [-0.3, -0.25) is 14.4 Å². The third-order valence-corrected chi connectivity index (χ3v) is 11.6. The molecule has 4 aromatic rings. The predicted octanol–water partition coefficient (Wildman–Crippen LogP) is 5.61. The van der Waals surface area contributed by atoms with Crippen molar-refractivity contribution in [1.82, 2.24) is 25.1 Å². The number of piperidine rings is 1. The van der Waals surface area contributed by atoms with Gasteiger partial charge in [0.15, 0.2) is 5.75 Å². The molecule has 0 bridgehead atoms. The number of carbonyl (C=O) groups excluding carboxylic acids is 2. The van der Waals surface area contributed by atoms with Crippen molar-refractivity contribution in [2.24, 2.45) is 0 Å². The second kappa shape index (κ2) is 17.7.